The van der Waals surface area contributed by atoms with Gasteiger partial charge in [-0.2, -0.15) is 5.10 Å². The maximum Gasteiger partial charge on any atom is 0.241 e. The van der Waals surface area contributed by atoms with Crippen molar-refractivity contribution in [2.24, 2.45) is 5.73 Å². The number of H-pyrrole nitrogens is 1. The second-order valence-electron chi connectivity index (χ2n) is 7.13. The first-order valence-corrected chi connectivity index (χ1v) is 9.63. The van der Waals surface area contributed by atoms with Crippen molar-refractivity contribution in [2.45, 2.75) is 32.0 Å². The Morgan fingerprint density at radius 2 is 1.87 bits per heavy atom. The Bertz CT molecular complexity index is 980. The number of anilines is 1. The number of halogens is 3. The van der Waals surface area contributed by atoms with E-state index in [2.05, 4.69) is 25.4 Å². The van der Waals surface area contributed by atoms with Gasteiger partial charge in [-0.25, -0.2) is 9.37 Å². The van der Waals surface area contributed by atoms with Gasteiger partial charge in [0.25, 0.3) is 0 Å². The summed E-state index contributed by atoms with van der Waals surface area (Å²) >= 11 is 0. The van der Waals surface area contributed by atoms with Gasteiger partial charge in [-0.3, -0.25) is 14.8 Å². The normalized spacial score (nSPS) is 15.7. The van der Waals surface area contributed by atoms with Gasteiger partial charge in [-0.15, -0.1) is 24.8 Å². The van der Waals surface area contributed by atoms with E-state index in [0.717, 1.165) is 36.2 Å². The predicted molar refractivity (Wildman–Crippen MR) is 123 cm³/mol. The number of hydrogen-bond donors (Lipinski definition) is 3. The first kappa shape index (κ1) is 24.7. The Morgan fingerprint density at radius 3 is 2.52 bits per heavy atom. The molecule has 2 heterocycles. The Balaban J connectivity index is 0.00000171. The van der Waals surface area contributed by atoms with Crippen LogP contribution in [0.5, 0.6) is 0 Å². The number of carbonyl (C=O) groups is 1. The monoisotopic (exact) mass is 466 g/mol. The van der Waals surface area contributed by atoms with Gasteiger partial charge in [0.1, 0.15) is 11.6 Å². The molecule has 1 aliphatic rings. The summed E-state index contributed by atoms with van der Waals surface area (Å²) in [6, 6.07) is 13.6. The van der Waals surface area contributed by atoms with Crippen LogP contribution in [0.25, 0.3) is 11.4 Å². The summed E-state index contributed by atoms with van der Waals surface area (Å²) in [5.41, 5.74) is 8.11. The molecular weight excluding hydrogens is 442 g/mol. The number of aromatic nitrogens is 3. The van der Waals surface area contributed by atoms with Crippen LogP contribution in [0.15, 0.2) is 48.5 Å². The fourth-order valence-corrected chi connectivity index (χ4v) is 3.58. The Hall–Kier alpha value is -2.52. The van der Waals surface area contributed by atoms with Crippen LogP contribution in [0, 0.1) is 5.82 Å². The Labute approximate surface area is 192 Å². The van der Waals surface area contributed by atoms with E-state index >= 15 is 0 Å². The van der Waals surface area contributed by atoms with Gasteiger partial charge in [0.15, 0.2) is 5.82 Å². The van der Waals surface area contributed by atoms with E-state index in [0.29, 0.717) is 24.7 Å². The number of hydrogen-bond acceptors (Lipinski definition) is 5. The first-order chi connectivity index (χ1) is 14.1. The maximum absolute atomic E-state index is 13.1. The van der Waals surface area contributed by atoms with E-state index in [1.807, 2.05) is 24.3 Å². The SMILES string of the molecule is Cl.Cl.NCc1nc(-c2ccc(NC(=O)C3CCCN3Cc3ccc(F)cc3)cc2)n[nH]1. The molecule has 4 rings (SSSR count). The number of amides is 1. The molecule has 1 fully saturated rings. The lowest BCUT2D eigenvalue weighted by Gasteiger charge is -2.23. The van der Waals surface area contributed by atoms with Crippen molar-refractivity contribution in [3.05, 3.63) is 65.7 Å². The molecule has 4 N–H and O–H groups in total. The highest BCUT2D eigenvalue weighted by molar-refractivity contribution is 5.95. The standard InChI is InChI=1S/C21H23FN6O.2ClH/c22-16-7-3-14(4-8-16)13-28-11-1-2-18(28)21(29)24-17-9-5-15(6-10-17)20-25-19(12-23)26-27-20;;/h3-10,18H,1-2,11-13,23H2,(H,24,29)(H,25,26,27);2*1H. The minimum atomic E-state index is -0.253. The van der Waals surface area contributed by atoms with Crippen LogP contribution < -0.4 is 11.1 Å². The first-order valence-electron chi connectivity index (χ1n) is 9.63. The molecule has 31 heavy (non-hydrogen) atoms. The number of aromatic amines is 1. The topological polar surface area (TPSA) is 99.9 Å². The highest BCUT2D eigenvalue weighted by Crippen LogP contribution is 2.23. The summed E-state index contributed by atoms with van der Waals surface area (Å²) in [5, 5.41) is 9.91. The molecule has 3 aromatic rings. The molecule has 0 bridgehead atoms. The van der Waals surface area contributed by atoms with Gasteiger partial charge in [-0.1, -0.05) is 12.1 Å². The van der Waals surface area contributed by atoms with E-state index in [4.69, 9.17) is 5.73 Å². The van der Waals surface area contributed by atoms with E-state index in [9.17, 15) is 9.18 Å². The fourth-order valence-electron chi connectivity index (χ4n) is 3.58. The zero-order valence-corrected chi connectivity index (χ0v) is 18.4. The van der Waals surface area contributed by atoms with Crippen LogP contribution in [-0.4, -0.2) is 38.6 Å². The second-order valence-corrected chi connectivity index (χ2v) is 7.13. The number of benzene rings is 2. The van der Waals surface area contributed by atoms with Crippen LogP contribution in [0.4, 0.5) is 10.1 Å². The highest BCUT2D eigenvalue weighted by atomic mass is 35.5. The zero-order valence-electron chi connectivity index (χ0n) is 16.8. The molecule has 1 amide bonds. The third kappa shape index (κ3) is 6.01. The minimum Gasteiger partial charge on any atom is -0.325 e. The predicted octanol–water partition coefficient (Wildman–Crippen LogP) is 3.52. The number of carbonyl (C=O) groups excluding carboxylic acids is 1. The van der Waals surface area contributed by atoms with Gasteiger partial charge in [0, 0.05) is 17.8 Å². The lowest BCUT2D eigenvalue weighted by Crippen LogP contribution is -2.39. The average Bonchev–Trinajstić information content (AvgIpc) is 3.40. The second kappa shape index (κ2) is 11.2. The van der Waals surface area contributed by atoms with E-state index in [1.54, 1.807) is 12.1 Å². The van der Waals surface area contributed by atoms with Crippen molar-refractivity contribution >= 4 is 36.4 Å². The third-order valence-corrected chi connectivity index (χ3v) is 5.10. The molecule has 0 saturated carbocycles. The Morgan fingerprint density at radius 1 is 1.16 bits per heavy atom. The van der Waals surface area contributed by atoms with Crippen molar-refractivity contribution in [3.63, 3.8) is 0 Å². The van der Waals surface area contributed by atoms with Crippen LogP contribution in [-0.2, 0) is 17.9 Å². The lowest BCUT2D eigenvalue weighted by molar-refractivity contribution is -0.120. The molecular formula is C21H25Cl2FN6O. The molecule has 0 radical (unpaired) electrons. The van der Waals surface area contributed by atoms with E-state index in [-0.39, 0.29) is 42.6 Å². The van der Waals surface area contributed by atoms with Crippen molar-refractivity contribution in [2.75, 3.05) is 11.9 Å². The average molecular weight is 467 g/mol. The molecule has 1 unspecified atom stereocenters. The lowest BCUT2D eigenvalue weighted by atomic mass is 10.1. The van der Waals surface area contributed by atoms with Crippen molar-refractivity contribution in [3.8, 4) is 11.4 Å². The van der Waals surface area contributed by atoms with Gasteiger partial charge < -0.3 is 11.1 Å². The van der Waals surface area contributed by atoms with Crippen LogP contribution in [0.1, 0.15) is 24.2 Å². The smallest absolute Gasteiger partial charge is 0.241 e. The number of rotatable bonds is 6. The van der Waals surface area contributed by atoms with Gasteiger partial charge in [0.2, 0.25) is 5.91 Å². The summed E-state index contributed by atoms with van der Waals surface area (Å²) in [6.45, 7) is 1.78. The minimum absolute atomic E-state index is 0. The number of nitrogens with one attached hydrogen (secondary N) is 2. The largest absolute Gasteiger partial charge is 0.325 e. The van der Waals surface area contributed by atoms with Crippen LogP contribution >= 0.6 is 24.8 Å². The highest BCUT2D eigenvalue weighted by Gasteiger charge is 2.30. The molecule has 7 nitrogen and oxygen atoms in total. The fraction of sp³-hybridized carbons (Fsp3) is 0.286. The van der Waals surface area contributed by atoms with Crippen LogP contribution in [0.2, 0.25) is 0 Å². The number of nitrogens with two attached hydrogens (primary N) is 1. The molecule has 166 valence electrons. The van der Waals surface area contributed by atoms with Gasteiger partial charge in [-0.05, 0) is 61.3 Å². The van der Waals surface area contributed by atoms with Gasteiger partial charge >= 0.3 is 0 Å². The zero-order chi connectivity index (χ0) is 20.2. The summed E-state index contributed by atoms with van der Waals surface area (Å²) in [7, 11) is 0. The third-order valence-electron chi connectivity index (χ3n) is 5.10. The summed E-state index contributed by atoms with van der Waals surface area (Å²) in [6.07, 6.45) is 1.77. The van der Waals surface area contributed by atoms with Crippen molar-refractivity contribution in [1.82, 2.24) is 20.1 Å². The van der Waals surface area contributed by atoms with Gasteiger partial charge in [0.05, 0.1) is 12.6 Å². The van der Waals surface area contributed by atoms with Crippen molar-refractivity contribution < 1.29 is 9.18 Å². The summed E-state index contributed by atoms with van der Waals surface area (Å²) < 4.78 is 13.1. The number of nitrogens with zero attached hydrogens (tertiary/aromatic N) is 3. The molecule has 1 aliphatic heterocycles. The molecule has 1 atom stereocenters. The Kier molecular flexibility index (Phi) is 8.94. The molecule has 2 aromatic carbocycles. The molecule has 1 aromatic heterocycles. The summed E-state index contributed by atoms with van der Waals surface area (Å²) in [5.74, 6) is 0.919. The quantitative estimate of drug-likeness (QED) is 0.515. The summed E-state index contributed by atoms with van der Waals surface area (Å²) in [4.78, 5) is 19.2. The number of likely N-dealkylation sites (tertiary alicyclic amines) is 1. The molecule has 10 heteroatoms. The molecule has 1 saturated heterocycles. The molecule has 0 aliphatic carbocycles. The van der Waals surface area contributed by atoms with E-state index in [1.165, 1.54) is 12.1 Å². The maximum atomic E-state index is 13.1. The van der Waals surface area contributed by atoms with Crippen LogP contribution in [0.3, 0.4) is 0 Å². The van der Waals surface area contributed by atoms with E-state index < -0.39 is 0 Å². The molecule has 0 spiro atoms. The van der Waals surface area contributed by atoms with Crippen molar-refractivity contribution in [1.29, 1.82) is 0 Å².